The fraction of sp³-hybridized carbons (Fsp3) is 1.00. The molecule has 2 aliphatic rings. The van der Waals surface area contributed by atoms with Crippen molar-refractivity contribution in [1.82, 2.24) is 5.32 Å². The van der Waals surface area contributed by atoms with Crippen LogP contribution in [0.25, 0.3) is 0 Å². The Bertz CT molecular complexity index is 287. The van der Waals surface area contributed by atoms with Crippen LogP contribution >= 0.6 is 0 Å². The smallest absolute Gasteiger partial charge is 0.393 e. The fourth-order valence-corrected chi connectivity index (χ4v) is 3.63. The molecule has 0 aromatic heterocycles. The van der Waals surface area contributed by atoms with E-state index in [0.717, 1.165) is 32.1 Å². The summed E-state index contributed by atoms with van der Waals surface area (Å²) in [6, 6.07) is -0.460. The van der Waals surface area contributed by atoms with Crippen molar-refractivity contribution in [2.75, 3.05) is 13.2 Å². The molecule has 0 aromatic rings. The normalized spacial score (nSPS) is 31.6. The van der Waals surface area contributed by atoms with Gasteiger partial charge in [0.25, 0.3) is 0 Å². The van der Waals surface area contributed by atoms with E-state index in [1.807, 2.05) is 0 Å². The van der Waals surface area contributed by atoms with Gasteiger partial charge in [-0.1, -0.05) is 25.7 Å². The Morgan fingerprint density at radius 2 is 1.68 bits per heavy atom. The number of halogens is 3. The maximum absolute atomic E-state index is 13.0. The summed E-state index contributed by atoms with van der Waals surface area (Å²) in [6.07, 6.45) is 2.31. The number of alkyl halides is 3. The molecule has 0 heterocycles. The van der Waals surface area contributed by atoms with Gasteiger partial charge in [-0.15, -0.1) is 0 Å². The second kappa shape index (κ2) is 6.00. The summed E-state index contributed by atoms with van der Waals surface area (Å²) in [5, 5.41) is 12.6. The summed E-state index contributed by atoms with van der Waals surface area (Å²) in [7, 11) is 0. The van der Waals surface area contributed by atoms with E-state index >= 15 is 0 Å². The van der Waals surface area contributed by atoms with Crippen LogP contribution in [0.5, 0.6) is 0 Å². The molecule has 2 fully saturated rings. The molecule has 2 saturated carbocycles. The molecule has 2 N–H and O–H groups in total. The second-order valence-corrected chi connectivity index (χ2v) is 6.29. The maximum atomic E-state index is 13.0. The highest BCUT2D eigenvalue weighted by Crippen LogP contribution is 2.40. The first-order valence-electron chi connectivity index (χ1n) is 7.38. The Balaban J connectivity index is 1.92. The van der Waals surface area contributed by atoms with E-state index in [9.17, 15) is 18.3 Å². The van der Waals surface area contributed by atoms with E-state index in [1.165, 1.54) is 0 Å². The van der Waals surface area contributed by atoms with Crippen LogP contribution in [-0.4, -0.2) is 30.5 Å². The first-order chi connectivity index (χ1) is 8.97. The quantitative estimate of drug-likeness (QED) is 0.828. The van der Waals surface area contributed by atoms with Crippen LogP contribution < -0.4 is 5.32 Å². The van der Waals surface area contributed by atoms with E-state index in [4.69, 9.17) is 0 Å². The lowest BCUT2D eigenvalue weighted by Crippen LogP contribution is -2.49. The molecule has 19 heavy (non-hydrogen) atoms. The minimum Gasteiger partial charge on any atom is -0.396 e. The van der Waals surface area contributed by atoms with Gasteiger partial charge in [0.05, 0.1) is 5.92 Å². The monoisotopic (exact) mass is 279 g/mol. The molecule has 2 rings (SSSR count). The summed E-state index contributed by atoms with van der Waals surface area (Å²) >= 11 is 0. The van der Waals surface area contributed by atoms with Gasteiger partial charge in [0.2, 0.25) is 0 Å². The van der Waals surface area contributed by atoms with Crippen LogP contribution in [0, 0.1) is 11.3 Å². The number of hydrogen-bond donors (Lipinski definition) is 2. The Labute approximate surface area is 112 Å². The molecule has 2 unspecified atom stereocenters. The average Bonchev–Trinajstić information content (AvgIpc) is 2.85. The first-order valence-corrected chi connectivity index (χ1v) is 7.38. The lowest BCUT2D eigenvalue weighted by Gasteiger charge is -2.36. The Morgan fingerprint density at radius 1 is 1.05 bits per heavy atom. The van der Waals surface area contributed by atoms with Gasteiger partial charge >= 0.3 is 6.18 Å². The van der Waals surface area contributed by atoms with Crippen molar-refractivity contribution < 1.29 is 18.3 Å². The van der Waals surface area contributed by atoms with Crippen molar-refractivity contribution in [3.8, 4) is 0 Å². The third-order valence-electron chi connectivity index (χ3n) is 4.93. The van der Waals surface area contributed by atoms with Crippen LogP contribution in [0.1, 0.15) is 51.4 Å². The summed E-state index contributed by atoms with van der Waals surface area (Å²) in [5.41, 5.74) is -0.173. The van der Waals surface area contributed by atoms with Gasteiger partial charge in [-0.2, -0.15) is 13.2 Å². The van der Waals surface area contributed by atoms with Gasteiger partial charge in [0.15, 0.2) is 0 Å². The van der Waals surface area contributed by atoms with Gasteiger partial charge in [0.1, 0.15) is 0 Å². The Morgan fingerprint density at radius 3 is 2.26 bits per heavy atom. The van der Waals surface area contributed by atoms with Gasteiger partial charge in [-0.3, -0.25) is 0 Å². The second-order valence-electron chi connectivity index (χ2n) is 6.29. The van der Waals surface area contributed by atoms with Crippen molar-refractivity contribution >= 4 is 0 Å². The molecule has 0 spiro atoms. The number of nitrogens with one attached hydrogen (secondary N) is 1. The molecular formula is C14H24F3NO. The molecule has 2 aliphatic carbocycles. The van der Waals surface area contributed by atoms with E-state index in [1.54, 1.807) is 0 Å². The number of aliphatic hydroxyl groups is 1. The van der Waals surface area contributed by atoms with Crippen molar-refractivity contribution in [2.45, 2.75) is 63.6 Å². The van der Waals surface area contributed by atoms with E-state index < -0.39 is 18.1 Å². The molecule has 112 valence electrons. The number of rotatable bonds is 4. The maximum Gasteiger partial charge on any atom is 0.393 e. The predicted molar refractivity (Wildman–Crippen MR) is 67.8 cm³/mol. The molecule has 2 atom stereocenters. The highest BCUT2D eigenvalue weighted by atomic mass is 19.4. The Kier molecular flexibility index (Phi) is 4.77. The minimum atomic E-state index is -4.10. The average molecular weight is 279 g/mol. The first kappa shape index (κ1) is 15.1. The fourth-order valence-electron chi connectivity index (χ4n) is 3.63. The summed E-state index contributed by atoms with van der Waals surface area (Å²) in [6.45, 7) is 0.615. The molecule has 0 aromatic carbocycles. The van der Waals surface area contributed by atoms with Crippen LogP contribution in [-0.2, 0) is 0 Å². The molecule has 0 radical (unpaired) electrons. The van der Waals surface area contributed by atoms with Gasteiger partial charge in [-0.25, -0.2) is 0 Å². The van der Waals surface area contributed by atoms with Crippen LogP contribution in [0.3, 0.4) is 0 Å². The largest absolute Gasteiger partial charge is 0.396 e. The molecular weight excluding hydrogens is 255 g/mol. The summed E-state index contributed by atoms with van der Waals surface area (Å²) < 4.78 is 38.9. The van der Waals surface area contributed by atoms with Crippen molar-refractivity contribution in [3.05, 3.63) is 0 Å². The highest BCUT2D eigenvalue weighted by molar-refractivity contribution is 4.91. The summed E-state index contributed by atoms with van der Waals surface area (Å²) in [5.74, 6) is -1.21. The van der Waals surface area contributed by atoms with Crippen LogP contribution in [0.15, 0.2) is 0 Å². The molecule has 0 bridgehead atoms. The predicted octanol–water partition coefficient (Wildman–Crippen LogP) is 3.25. The van der Waals surface area contributed by atoms with E-state index in [-0.39, 0.29) is 18.4 Å². The molecule has 2 nitrogen and oxygen atoms in total. The highest BCUT2D eigenvalue weighted by Gasteiger charge is 2.46. The lowest BCUT2D eigenvalue weighted by atomic mass is 9.82. The standard InChI is InChI=1S/C14H24F3NO/c15-14(16,17)11-5-1-2-6-12(11)18-9-13(10-19)7-3-4-8-13/h11-12,18-19H,1-10H2. The van der Waals surface area contributed by atoms with Gasteiger partial charge < -0.3 is 10.4 Å². The SMILES string of the molecule is OCC1(CNC2CCCCC2C(F)(F)F)CCCC1. The zero-order valence-electron chi connectivity index (χ0n) is 11.3. The molecule has 0 amide bonds. The number of hydrogen-bond acceptors (Lipinski definition) is 2. The lowest BCUT2D eigenvalue weighted by molar-refractivity contribution is -0.189. The topological polar surface area (TPSA) is 32.3 Å². The molecule has 0 saturated heterocycles. The van der Waals surface area contributed by atoms with Crippen molar-refractivity contribution in [2.24, 2.45) is 11.3 Å². The van der Waals surface area contributed by atoms with Gasteiger partial charge in [0, 0.05) is 24.6 Å². The van der Waals surface area contributed by atoms with Crippen molar-refractivity contribution in [1.29, 1.82) is 0 Å². The Hall–Kier alpha value is -0.290. The van der Waals surface area contributed by atoms with Crippen LogP contribution in [0.4, 0.5) is 13.2 Å². The van der Waals surface area contributed by atoms with E-state index in [0.29, 0.717) is 19.4 Å². The van der Waals surface area contributed by atoms with Gasteiger partial charge in [-0.05, 0) is 25.7 Å². The zero-order chi connectivity index (χ0) is 13.9. The van der Waals surface area contributed by atoms with Crippen LogP contribution in [0.2, 0.25) is 0 Å². The molecule has 5 heteroatoms. The van der Waals surface area contributed by atoms with E-state index in [2.05, 4.69) is 5.32 Å². The van der Waals surface area contributed by atoms with Crippen molar-refractivity contribution in [3.63, 3.8) is 0 Å². The summed E-state index contributed by atoms with van der Waals surface area (Å²) in [4.78, 5) is 0. The zero-order valence-corrected chi connectivity index (χ0v) is 11.3. The third kappa shape index (κ3) is 3.63. The molecule has 0 aliphatic heterocycles. The number of aliphatic hydroxyl groups excluding tert-OH is 1. The third-order valence-corrected chi connectivity index (χ3v) is 4.93. The minimum absolute atomic E-state index is 0.0867.